The van der Waals surface area contributed by atoms with Crippen LogP contribution in [0.15, 0.2) is 53.4 Å². The Bertz CT molecular complexity index is 959. The van der Waals surface area contributed by atoms with Crippen molar-refractivity contribution >= 4 is 27.6 Å². The molecule has 9 heteroatoms. The first-order chi connectivity index (χ1) is 13.2. The van der Waals surface area contributed by atoms with Crippen LogP contribution < -0.4 is 4.90 Å². The van der Waals surface area contributed by atoms with Crippen LogP contribution in [0, 0.1) is 5.82 Å². The Kier molecular flexibility index (Phi) is 6.87. The molecule has 7 nitrogen and oxygen atoms in total. The number of rotatable bonds is 7. The van der Waals surface area contributed by atoms with Gasteiger partial charge < -0.3 is 9.64 Å². The van der Waals surface area contributed by atoms with E-state index < -0.39 is 34.3 Å². The van der Waals surface area contributed by atoms with Gasteiger partial charge in [-0.15, -0.1) is 0 Å². The first-order valence-corrected chi connectivity index (χ1v) is 9.86. The number of anilines is 1. The number of likely N-dealkylation sites (N-methyl/N-ethyl adjacent to an activating group) is 1. The van der Waals surface area contributed by atoms with Crippen molar-refractivity contribution in [1.82, 2.24) is 4.31 Å². The molecule has 0 radical (unpaired) electrons. The van der Waals surface area contributed by atoms with Crippen molar-refractivity contribution in [3.63, 3.8) is 0 Å². The summed E-state index contributed by atoms with van der Waals surface area (Å²) in [6.07, 6.45) is 0. The number of ether oxygens (including phenoxy) is 1. The fraction of sp³-hybridized carbons (Fsp3) is 0.263. The molecule has 0 saturated carbocycles. The van der Waals surface area contributed by atoms with Crippen molar-refractivity contribution in [3.05, 3.63) is 59.9 Å². The van der Waals surface area contributed by atoms with Crippen molar-refractivity contribution in [3.8, 4) is 0 Å². The third kappa shape index (κ3) is 4.93. The zero-order valence-electron chi connectivity index (χ0n) is 15.8. The molecule has 1 amide bonds. The number of halogens is 1. The van der Waals surface area contributed by atoms with Crippen LogP contribution in [0.1, 0.15) is 17.3 Å². The van der Waals surface area contributed by atoms with Crippen molar-refractivity contribution in [1.29, 1.82) is 0 Å². The van der Waals surface area contributed by atoms with Gasteiger partial charge in [0.05, 0.1) is 10.5 Å². The molecule has 0 N–H and O–H groups in total. The van der Waals surface area contributed by atoms with Gasteiger partial charge in [-0.1, -0.05) is 6.07 Å². The number of benzene rings is 2. The minimum Gasteiger partial charge on any atom is -0.452 e. The van der Waals surface area contributed by atoms with E-state index in [1.807, 2.05) is 0 Å². The van der Waals surface area contributed by atoms with E-state index in [0.29, 0.717) is 12.2 Å². The fourth-order valence-electron chi connectivity index (χ4n) is 2.41. The molecule has 0 heterocycles. The summed E-state index contributed by atoms with van der Waals surface area (Å²) in [6, 6.07) is 10.7. The van der Waals surface area contributed by atoms with Gasteiger partial charge in [-0.05, 0) is 49.4 Å². The maximum Gasteiger partial charge on any atom is 0.338 e. The van der Waals surface area contributed by atoms with Crippen LogP contribution in [0.4, 0.5) is 10.1 Å². The molecular weight excluding hydrogens is 387 g/mol. The lowest BCUT2D eigenvalue weighted by atomic mass is 10.2. The lowest BCUT2D eigenvalue weighted by Gasteiger charge is -2.20. The number of carbonyl (C=O) groups is 2. The summed E-state index contributed by atoms with van der Waals surface area (Å²) in [5, 5.41) is 0. The molecule has 0 fully saturated rings. The van der Waals surface area contributed by atoms with Crippen molar-refractivity contribution in [2.24, 2.45) is 0 Å². The summed E-state index contributed by atoms with van der Waals surface area (Å²) >= 11 is 0. The highest BCUT2D eigenvalue weighted by atomic mass is 32.2. The summed E-state index contributed by atoms with van der Waals surface area (Å²) in [5.74, 6) is -1.73. The second-order valence-corrected chi connectivity index (χ2v) is 8.16. The van der Waals surface area contributed by atoms with E-state index in [9.17, 15) is 22.4 Å². The van der Waals surface area contributed by atoms with Gasteiger partial charge in [0.15, 0.2) is 6.61 Å². The molecule has 0 atom stereocenters. The quantitative estimate of drug-likeness (QED) is 0.657. The molecule has 0 unspecified atom stereocenters. The Morgan fingerprint density at radius 1 is 1.07 bits per heavy atom. The average Bonchev–Trinajstić information content (AvgIpc) is 2.68. The molecule has 0 aliphatic rings. The van der Waals surface area contributed by atoms with Gasteiger partial charge >= 0.3 is 5.97 Å². The number of nitrogens with zero attached hydrogens (tertiary/aromatic N) is 2. The number of amides is 1. The van der Waals surface area contributed by atoms with Crippen LogP contribution in [0.25, 0.3) is 0 Å². The monoisotopic (exact) mass is 408 g/mol. The van der Waals surface area contributed by atoms with Crippen LogP contribution in [-0.2, 0) is 19.6 Å². The fourth-order valence-corrected chi connectivity index (χ4v) is 3.35. The summed E-state index contributed by atoms with van der Waals surface area (Å²) < 4.78 is 43.4. The van der Waals surface area contributed by atoms with Gasteiger partial charge in [0.25, 0.3) is 5.91 Å². The van der Waals surface area contributed by atoms with E-state index in [1.165, 1.54) is 67.5 Å². The van der Waals surface area contributed by atoms with Crippen molar-refractivity contribution in [2.75, 3.05) is 32.1 Å². The highest BCUT2D eigenvalue weighted by Crippen LogP contribution is 2.17. The molecule has 0 bridgehead atoms. The Morgan fingerprint density at radius 3 is 2.29 bits per heavy atom. The lowest BCUT2D eigenvalue weighted by Crippen LogP contribution is -2.34. The van der Waals surface area contributed by atoms with Gasteiger partial charge in [-0.3, -0.25) is 4.79 Å². The smallest absolute Gasteiger partial charge is 0.338 e. The average molecular weight is 408 g/mol. The Morgan fingerprint density at radius 2 is 1.71 bits per heavy atom. The van der Waals surface area contributed by atoms with Crippen LogP contribution in [0.5, 0.6) is 0 Å². The predicted octanol–water partition coefficient (Wildman–Crippen LogP) is 2.29. The molecule has 150 valence electrons. The predicted molar refractivity (Wildman–Crippen MR) is 102 cm³/mol. The lowest BCUT2D eigenvalue weighted by molar-refractivity contribution is -0.121. The number of hydrogen-bond donors (Lipinski definition) is 0. The first-order valence-electron chi connectivity index (χ1n) is 8.42. The summed E-state index contributed by atoms with van der Waals surface area (Å²) in [6.45, 7) is 1.51. The summed E-state index contributed by atoms with van der Waals surface area (Å²) in [5.41, 5.74) is 0.490. The van der Waals surface area contributed by atoms with E-state index in [1.54, 1.807) is 6.92 Å². The Labute approximate surface area is 163 Å². The maximum absolute atomic E-state index is 13.0. The molecule has 2 aromatic rings. The van der Waals surface area contributed by atoms with Crippen molar-refractivity contribution < 1.29 is 27.1 Å². The molecule has 28 heavy (non-hydrogen) atoms. The van der Waals surface area contributed by atoms with Crippen LogP contribution >= 0.6 is 0 Å². The Balaban J connectivity index is 2.09. The van der Waals surface area contributed by atoms with Gasteiger partial charge in [-0.2, -0.15) is 0 Å². The van der Waals surface area contributed by atoms with Crippen LogP contribution in [0.3, 0.4) is 0 Å². The van der Waals surface area contributed by atoms with Crippen LogP contribution in [-0.4, -0.2) is 51.8 Å². The third-order valence-electron chi connectivity index (χ3n) is 3.93. The minimum atomic E-state index is -3.70. The van der Waals surface area contributed by atoms with E-state index in [4.69, 9.17) is 4.74 Å². The molecule has 2 rings (SSSR count). The van der Waals surface area contributed by atoms with Crippen LogP contribution in [0.2, 0.25) is 0 Å². The highest BCUT2D eigenvalue weighted by Gasteiger charge is 2.21. The molecular formula is C19H21FN2O5S. The molecule has 0 saturated heterocycles. The van der Waals surface area contributed by atoms with E-state index >= 15 is 0 Å². The van der Waals surface area contributed by atoms with E-state index in [-0.39, 0.29) is 10.5 Å². The maximum atomic E-state index is 13.0. The largest absolute Gasteiger partial charge is 0.452 e. The SMILES string of the molecule is CCN(C(=O)COC(=O)c1cccc(S(=O)(=O)N(C)C)c1)c1ccc(F)cc1. The molecule has 2 aromatic carbocycles. The first kappa shape index (κ1) is 21.5. The molecule has 0 aliphatic heterocycles. The molecule has 0 aliphatic carbocycles. The zero-order valence-corrected chi connectivity index (χ0v) is 16.6. The molecule has 0 spiro atoms. The second-order valence-electron chi connectivity index (χ2n) is 6.01. The third-order valence-corrected chi connectivity index (χ3v) is 5.74. The van der Waals surface area contributed by atoms with E-state index in [2.05, 4.69) is 0 Å². The second kappa shape index (κ2) is 8.94. The van der Waals surface area contributed by atoms with Gasteiger partial charge in [-0.25, -0.2) is 21.9 Å². The number of esters is 1. The highest BCUT2D eigenvalue weighted by molar-refractivity contribution is 7.89. The van der Waals surface area contributed by atoms with E-state index in [0.717, 1.165) is 4.31 Å². The summed E-state index contributed by atoms with van der Waals surface area (Å²) in [7, 11) is -0.936. The van der Waals surface area contributed by atoms with Crippen molar-refractivity contribution in [2.45, 2.75) is 11.8 Å². The van der Waals surface area contributed by atoms with Gasteiger partial charge in [0.2, 0.25) is 10.0 Å². The summed E-state index contributed by atoms with van der Waals surface area (Å²) in [4.78, 5) is 25.9. The topological polar surface area (TPSA) is 84.0 Å². The van der Waals surface area contributed by atoms with Gasteiger partial charge in [0, 0.05) is 26.3 Å². The standard InChI is InChI=1S/C19H21FN2O5S/c1-4-22(16-10-8-15(20)9-11-16)18(23)13-27-19(24)14-6-5-7-17(12-14)28(25,26)21(2)3/h5-12H,4,13H2,1-3H3. The number of sulfonamides is 1. The molecule has 0 aromatic heterocycles. The Hall–Kier alpha value is -2.78. The zero-order chi connectivity index (χ0) is 20.9. The number of hydrogen-bond acceptors (Lipinski definition) is 5. The number of carbonyl (C=O) groups excluding carboxylic acids is 2. The van der Waals surface area contributed by atoms with Gasteiger partial charge in [0.1, 0.15) is 5.82 Å². The minimum absolute atomic E-state index is 0.0144. The normalized spacial score (nSPS) is 11.3.